The number of rotatable bonds is 8. The van der Waals surface area contributed by atoms with E-state index >= 15 is 0 Å². The van der Waals surface area contributed by atoms with E-state index < -0.39 is 31.1 Å². The highest BCUT2D eigenvalue weighted by atomic mass is 35.5. The summed E-state index contributed by atoms with van der Waals surface area (Å²) in [5.74, 6) is -0.458. The van der Waals surface area contributed by atoms with Crippen molar-refractivity contribution in [2.45, 2.75) is 12.5 Å². The Morgan fingerprint density at radius 2 is 1.69 bits per heavy atom. The number of ether oxygens (including phenoxy) is 2. The second-order valence-electron chi connectivity index (χ2n) is 5.47. The van der Waals surface area contributed by atoms with Crippen LogP contribution >= 0.6 is 11.6 Å². The highest BCUT2D eigenvalue weighted by Crippen LogP contribution is 2.24. The maximum Gasteiger partial charge on any atom is 0.416 e. The van der Waals surface area contributed by atoms with Crippen LogP contribution < -0.4 is 15.4 Å². The van der Waals surface area contributed by atoms with E-state index in [2.05, 4.69) is 15.4 Å². The molecule has 0 saturated heterocycles. The molecule has 0 heterocycles. The van der Waals surface area contributed by atoms with Gasteiger partial charge in [-0.05, 0) is 36.4 Å². The second-order valence-corrected chi connectivity index (χ2v) is 5.88. The first kappa shape index (κ1) is 22.4. The molecule has 2 rings (SSSR count). The Balaban J connectivity index is 1.79. The van der Waals surface area contributed by atoms with Gasteiger partial charge in [-0.2, -0.15) is 8.78 Å². The van der Waals surface area contributed by atoms with E-state index in [1.807, 2.05) is 0 Å². The van der Waals surface area contributed by atoms with Crippen LogP contribution in [0.4, 0.5) is 28.0 Å². The first-order valence-corrected chi connectivity index (χ1v) is 8.46. The minimum absolute atomic E-state index is 0.132. The highest BCUT2D eigenvalue weighted by molar-refractivity contribution is 6.34. The molecule has 3 amide bonds. The van der Waals surface area contributed by atoms with E-state index in [9.17, 15) is 27.2 Å². The molecular weight excluding hydrogens is 420 g/mol. The van der Waals surface area contributed by atoms with Gasteiger partial charge in [0.15, 0.2) is 0 Å². The maximum atomic E-state index is 12.6. The summed E-state index contributed by atoms with van der Waals surface area (Å²) in [5, 5.41) is 4.71. The Kier molecular flexibility index (Phi) is 7.80. The lowest BCUT2D eigenvalue weighted by atomic mass is 10.2. The van der Waals surface area contributed by atoms with Crippen LogP contribution in [0.5, 0.6) is 5.75 Å². The van der Waals surface area contributed by atoms with E-state index in [1.54, 1.807) is 12.1 Å². The number of urea groups is 1. The predicted octanol–water partition coefficient (Wildman–Crippen LogP) is 4.56. The Bertz CT molecular complexity index is 850. The Labute approximate surface area is 167 Å². The molecule has 0 aliphatic carbocycles. The topological polar surface area (TPSA) is 76.7 Å². The lowest BCUT2D eigenvalue weighted by Crippen LogP contribution is -2.34. The molecule has 0 radical (unpaired) electrons. The van der Waals surface area contributed by atoms with Gasteiger partial charge >= 0.3 is 18.6 Å². The average molecular weight is 435 g/mol. The molecule has 11 heteroatoms. The van der Waals surface area contributed by atoms with Gasteiger partial charge in [-0.3, -0.25) is 10.1 Å². The molecule has 2 aromatic carbocycles. The molecule has 0 atom stereocenters. The molecule has 0 aliphatic heterocycles. The summed E-state index contributed by atoms with van der Waals surface area (Å²) in [6.45, 7) is -1.13. The minimum Gasteiger partial charge on any atom is -0.491 e. The summed E-state index contributed by atoms with van der Waals surface area (Å²) >= 11 is 5.88. The molecule has 0 saturated carbocycles. The van der Waals surface area contributed by atoms with Crippen molar-refractivity contribution in [2.75, 3.05) is 18.5 Å². The highest BCUT2D eigenvalue weighted by Gasteiger charge is 2.42. The molecule has 0 aromatic heterocycles. The first-order chi connectivity index (χ1) is 13.7. The predicted molar refractivity (Wildman–Crippen MR) is 96.8 cm³/mol. The van der Waals surface area contributed by atoms with Crippen LogP contribution in [0.15, 0.2) is 48.5 Å². The third-order valence-corrected chi connectivity index (χ3v) is 3.69. The summed E-state index contributed by atoms with van der Waals surface area (Å²) in [7, 11) is 0. The van der Waals surface area contributed by atoms with E-state index in [4.69, 9.17) is 16.3 Å². The standard InChI is InChI=1S/C18H15ClF4N2O4/c19-14-4-2-1-3-13(14)15(26)25-17(27)24-11-5-7-12(8-6-11)28-9-10-29-18(22,23)16(20)21/h1-8,16H,9-10H2,(H2,24,25,26,27). The van der Waals surface area contributed by atoms with Gasteiger partial charge in [0, 0.05) is 5.69 Å². The number of hydrogen-bond donors (Lipinski definition) is 2. The SMILES string of the molecule is O=C(NC(=O)c1ccccc1Cl)Nc1ccc(OCCOC(F)(F)C(F)F)cc1. The minimum atomic E-state index is -4.54. The van der Waals surface area contributed by atoms with E-state index in [1.165, 1.54) is 36.4 Å². The molecule has 0 unspecified atom stereocenters. The van der Waals surface area contributed by atoms with Gasteiger partial charge in [0.05, 0.1) is 17.2 Å². The van der Waals surface area contributed by atoms with Crippen molar-refractivity contribution in [1.29, 1.82) is 0 Å². The van der Waals surface area contributed by atoms with Crippen molar-refractivity contribution < 1.29 is 36.6 Å². The third-order valence-electron chi connectivity index (χ3n) is 3.36. The summed E-state index contributed by atoms with van der Waals surface area (Å²) < 4.78 is 57.8. The van der Waals surface area contributed by atoms with Crippen LogP contribution in [0.25, 0.3) is 0 Å². The van der Waals surface area contributed by atoms with Gasteiger partial charge in [-0.1, -0.05) is 23.7 Å². The Hall–Kier alpha value is -2.85. The van der Waals surface area contributed by atoms with E-state index in [0.29, 0.717) is 5.69 Å². The van der Waals surface area contributed by atoms with Gasteiger partial charge in [0.1, 0.15) is 12.4 Å². The van der Waals surface area contributed by atoms with Crippen LogP contribution in [0.3, 0.4) is 0 Å². The molecule has 156 valence electrons. The lowest BCUT2D eigenvalue weighted by molar-refractivity contribution is -0.301. The summed E-state index contributed by atoms with van der Waals surface area (Å²) in [5.41, 5.74) is 0.440. The Morgan fingerprint density at radius 1 is 1.03 bits per heavy atom. The largest absolute Gasteiger partial charge is 0.491 e. The molecule has 2 N–H and O–H groups in total. The van der Waals surface area contributed by atoms with Gasteiger partial charge < -0.3 is 14.8 Å². The van der Waals surface area contributed by atoms with Crippen molar-refractivity contribution in [1.82, 2.24) is 5.32 Å². The van der Waals surface area contributed by atoms with Gasteiger partial charge in [-0.25, -0.2) is 13.6 Å². The van der Waals surface area contributed by atoms with Crippen molar-refractivity contribution in [3.8, 4) is 5.75 Å². The van der Waals surface area contributed by atoms with Crippen LogP contribution in [-0.2, 0) is 4.74 Å². The summed E-state index contributed by atoms with van der Waals surface area (Å²) in [6.07, 6.45) is -8.46. The van der Waals surface area contributed by atoms with Crippen molar-refractivity contribution in [3.63, 3.8) is 0 Å². The Morgan fingerprint density at radius 3 is 2.31 bits per heavy atom. The zero-order valence-corrected chi connectivity index (χ0v) is 15.4. The van der Waals surface area contributed by atoms with E-state index in [0.717, 1.165) is 0 Å². The number of anilines is 1. The number of halogens is 5. The van der Waals surface area contributed by atoms with Crippen LogP contribution in [0.2, 0.25) is 5.02 Å². The molecule has 2 aromatic rings. The van der Waals surface area contributed by atoms with Gasteiger partial charge in [0.2, 0.25) is 0 Å². The average Bonchev–Trinajstić information content (AvgIpc) is 2.66. The molecule has 0 aliphatic rings. The molecule has 6 nitrogen and oxygen atoms in total. The lowest BCUT2D eigenvalue weighted by Gasteiger charge is -2.15. The number of imide groups is 1. The second kappa shape index (κ2) is 10.1. The summed E-state index contributed by atoms with van der Waals surface area (Å²) in [4.78, 5) is 23.9. The van der Waals surface area contributed by atoms with Crippen LogP contribution in [0, 0.1) is 0 Å². The monoisotopic (exact) mass is 434 g/mol. The smallest absolute Gasteiger partial charge is 0.416 e. The quantitative estimate of drug-likeness (QED) is 0.472. The van der Waals surface area contributed by atoms with Crippen molar-refractivity contribution in [2.24, 2.45) is 0 Å². The fourth-order valence-electron chi connectivity index (χ4n) is 2.01. The fraction of sp³-hybridized carbons (Fsp3) is 0.222. The normalized spacial score (nSPS) is 11.2. The summed E-state index contributed by atoms with van der Waals surface area (Å²) in [6, 6.07) is 11.0. The number of amides is 3. The molecule has 29 heavy (non-hydrogen) atoms. The van der Waals surface area contributed by atoms with Crippen LogP contribution in [-0.4, -0.2) is 37.7 Å². The molecule has 0 bridgehead atoms. The fourth-order valence-corrected chi connectivity index (χ4v) is 2.23. The van der Waals surface area contributed by atoms with Crippen molar-refractivity contribution in [3.05, 3.63) is 59.1 Å². The zero-order chi connectivity index (χ0) is 21.4. The van der Waals surface area contributed by atoms with E-state index in [-0.39, 0.29) is 22.9 Å². The maximum absolute atomic E-state index is 12.6. The zero-order valence-electron chi connectivity index (χ0n) is 14.6. The third kappa shape index (κ3) is 6.91. The number of alkyl halides is 4. The molecular formula is C18H15ClF4N2O4. The molecule has 0 fully saturated rings. The number of benzene rings is 2. The first-order valence-electron chi connectivity index (χ1n) is 8.08. The van der Waals surface area contributed by atoms with Crippen molar-refractivity contribution >= 4 is 29.2 Å². The van der Waals surface area contributed by atoms with Gasteiger partial charge in [-0.15, -0.1) is 0 Å². The number of hydrogen-bond acceptors (Lipinski definition) is 4. The van der Waals surface area contributed by atoms with Gasteiger partial charge in [0.25, 0.3) is 5.91 Å². The number of carbonyl (C=O) groups excluding carboxylic acids is 2. The molecule has 0 spiro atoms. The number of nitrogens with one attached hydrogen (secondary N) is 2. The van der Waals surface area contributed by atoms with Crippen LogP contribution in [0.1, 0.15) is 10.4 Å². The number of carbonyl (C=O) groups is 2.